The number of nitrogens with two attached hydrogens (primary N) is 1. The summed E-state index contributed by atoms with van der Waals surface area (Å²) in [5.41, 5.74) is 7.42. The standard InChI is InChI=1S/C12H17N5/c1-4-11-15-7-10(17(11)8(2)3)9-5-6-14-12(13)16-9/h5-8H,4H2,1-3H3,(H2,13,14,16). The molecule has 0 radical (unpaired) electrons. The van der Waals surface area contributed by atoms with Crippen LogP contribution in [0.25, 0.3) is 11.4 Å². The SMILES string of the molecule is CCc1ncc(-c2ccnc(N)n2)n1C(C)C. The Morgan fingerprint density at radius 3 is 2.71 bits per heavy atom. The number of hydrogen-bond donors (Lipinski definition) is 1. The summed E-state index contributed by atoms with van der Waals surface area (Å²) in [6, 6.07) is 2.20. The van der Waals surface area contributed by atoms with Gasteiger partial charge in [0.2, 0.25) is 5.95 Å². The molecule has 17 heavy (non-hydrogen) atoms. The molecule has 2 rings (SSSR count). The van der Waals surface area contributed by atoms with Gasteiger partial charge in [0.15, 0.2) is 0 Å². The summed E-state index contributed by atoms with van der Waals surface area (Å²) in [6.07, 6.45) is 4.42. The van der Waals surface area contributed by atoms with E-state index in [2.05, 4.69) is 40.3 Å². The molecule has 0 bridgehead atoms. The lowest BCUT2D eigenvalue weighted by Gasteiger charge is -2.14. The van der Waals surface area contributed by atoms with Crippen molar-refractivity contribution in [3.63, 3.8) is 0 Å². The molecule has 0 saturated carbocycles. The summed E-state index contributed by atoms with van der Waals surface area (Å²) < 4.78 is 2.18. The lowest BCUT2D eigenvalue weighted by atomic mass is 10.2. The molecule has 0 unspecified atom stereocenters. The molecule has 0 aliphatic rings. The van der Waals surface area contributed by atoms with Crippen LogP contribution in [0.2, 0.25) is 0 Å². The lowest BCUT2D eigenvalue weighted by molar-refractivity contribution is 0.576. The fourth-order valence-electron chi connectivity index (χ4n) is 1.94. The minimum Gasteiger partial charge on any atom is -0.368 e. The molecule has 90 valence electrons. The van der Waals surface area contributed by atoms with Crippen LogP contribution < -0.4 is 5.73 Å². The smallest absolute Gasteiger partial charge is 0.220 e. The van der Waals surface area contributed by atoms with E-state index in [9.17, 15) is 0 Å². The molecule has 0 fully saturated rings. The van der Waals surface area contributed by atoms with Crippen molar-refractivity contribution >= 4 is 5.95 Å². The molecule has 0 atom stereocenters. The maximum Gasteiger partial charge on any atom is 0.220 e. The Morgan fingerprint density at radius 2 is 2.12 bits per heavy atom. The van der Waals surface area contributed by atoms with Gasteiger partial charge in [-0.1, -0.05) is 6.92 Å². The highest BCUT2D eigenvalue weighted by molar-refractivity contribution is 5.55. The highest BCUT2D eigenvalue weighted by atomic mass is 15.1. The van der Waals surface area contributed by atoms with Crippen molar-refractivity contribution in [1.82, 2.24) is 19.5 Å². The second kappa shape index (κ2) is 4.53. The second-order valence-electron chi connectivity index (χ2n) is 4.18. The zero-order valence-corrected chi connectivity index (χ0v) is 10.4. The van der Waals surface area contributed by atoms with Crippen LogP contribution in [0, 0.1) is 0 Å². The molecular formula is C12H17N5. The van der Waals surface area contributed by atoms with Gasteiger partial charge in [-0.05, 0) is 19.9 Å². The molecule has 0 amide bonds. The van der Waals surface area contributed by atoms with Crippen molar-refractivity contribution in [2.45, 2.75) is 33.2 Å². The zero-order chi connectivity index (χ0) is 12.4. The topological polar surface area (TPSA) is 69.6 Å². The van der Waals surface area contributed by atoms with Crippen LogP contribution >= 0.6 is 0 Å². The summed E-state index contributed by atoms with van der Waals surface area (Å²) in [7, 11) is 0. The van der Waals surface area contributed by atoms with Crippen LogP contribution in [-0.4, -0.2) is 19.5 Å². The van der Waals surface area contributed by atoms with E-state index in [0.717, 1.165) is 23.6 Å². The van der Waals surface area contributed by atoms with Crippen LogP contribution in [0.5, 0.6) is 0 Å². The van der Waals surface area contributed by atoms with Crippen LogP contribution in [0.15, 0.2) is 18.5 Å². The molecule has 0 spiro atoms. The molecule has 5 heteroatoms. The molecule has 2 N–H and O–H groups in total. The Bertz CT molecular complexity index is 515. The number of anilines is 1. The zero-order valence-electron chi connectivity index (χ0n) is 10.4. The number of aryl methyl sites for hydroxylation is 1. The summed E-state index contributed by atoms with van der Waals surface area (Å²) >= 11 is 0. The van der Waals surface area contributed by atoms with E-state index < -0.39 is 0 Å². The van der Waals surface area contributed by atoms with Crippen LogP contribution in [0.3, 0.4) is 0 Å². The summed E-state index contributed by atoms with van der Waals surface area (Å²) in [4.78, 5) is 12.6. The van der Waals surface area contributed by atoms with Gasteiger partial charge in [0.05, 0.1) is 17.6 Å². The molecule has 5 nitrogen and oxygen atoms in total. The number of aromatic nitrogens is 4. The number of nitrogen functional groups attached to an aromatic ring is 1. The lowest BCUT2D eigenvalue weighted by Crippen LogP contribution is -2.08. The first-order valence-electron chi connectivity index (χ1n) is 5.78. The van der Waals surface area contributed by atoms with E-state index in [1.165, 1.54) is 0 Å². The van der Waals surface area contributed by atoms with Gasteiger partial charge in [0, 0.05) is 18.7 Å². The Morgan fingerprint density at radius 1 is 1.35 bits per heavy atom. The van der Waals surface area contributed by atoms with Crippen molar-refractivity contribution in [2.75, 3.05) is 5.73 Å². The van der Waals surface area contributed by atoms with E-state index >= 15 is 0 Å². The first-order valence-corrected chi connectivity index (χ1v) is 5.78. The molecule has 0 aromatic carbocycles. The number of hydrogen-bond acceptors (Lipinski definition) is 4. The van der Waals surface area contributed by atoms with Gasteiger partial charge in [0.1, 0.15) is 5.82 Å². The highest BCUT2D eigenvalue weighted by Gasteiger charge is 2.14. The van der Waals surface area contributed by atoms with Crippen LogP contribution in [0.1, 0.15) is 32.6 Å². The first-order chi connectivity index (χ1) is 8.13. The van der Waals surface area contributed by atoms with Crippen LogP contribution in [-0.2, 0) is 6.42 Å². The van der Waals surface area contributed by atoms with Crippen molar-refractivity contribution in [2.24, 2.45) is 0 Å². The number of imidazole rings is 1. The fourth-order valence-corrected chi connectivity index (χ4v) is 1.94. The van der Waals surface area contributed by atoms with E-state index in [4.69, 9.17) is 5.73 Å². The van der Waals surface area contributed by atoms with E-state index in [1.807, 2.05) is 12.3 Å². The number of rotatable bonds is 3. The summed E-state index contributed by atoms with van der Waals surface area (Å²) in [5, 5.41) is 0. The van der Waals surface area contributed by atoms with E-state index in [1.54, 1.807) is 6.20 Å². The molecule has 2 heterocycles. The largest absolute Gasteiger partial charge is 0.368 e. The first kappa shape index (κ1) is 11.6. The predicted molar refractivity (Wildman–Crippen MR) is 67.4 cm³/mol. The maximum absolute atomic E-state index is 5.61. The molecule has 0 aliphatic carbocycles. The van der Waals surface area contributed by atoms with Gasteiger partial charge < -0.3 is 10.3 Å². The average Bonchev–Trinajstić information content (AvgIpc) is 2.72. The highest BCUT2D eigenvalue weighted by Crippen LogP contribution is 2.23. The van der Waals surface area contributed by atoms with Gasteiger partial charge in [-0.15, -0.1) is 0 Å². The second-order valence-corrected chi connectivity index (χ2v) is 4.18. The van der Waals surface area contributed by atoms with E-state index in [-0.39, 0.29) is 5.95 Å². The monoisotopic (exact) mass is 231 g/mol. The third-order valence-corrected chi connectivity index (χ3v) is 2.64. The van der Waals surface area contributed by atoms with Gasteiger partial charge >= 0.3 is 0 Å². The maximum atomic E-state index is 5.61. The summed E-state index contributed by atoms with van der Waals surface area (Å²) in [6.45, 7) is 6.36. The van der Waals surface area contributed by atoms with Gasteiger partial charge in [-0.25, -0.2) is 15.0 Å². The normalized spacial score (nSPS) is 11.1. The molecule has 2 aromatic heterocycles. The Kier molecular flexibility index (Phi) is 3.08. The van der Waals surface area contributed by atoms with Crippen LogP contribution in [0.4, 0.5) is 5.95 Å². The van der Waals surface area contributed by atoms with Crippen molar-refractivity contribution < 1.29 is 0 Å². The molecule has 2 aromatic rings. The molecular weight excluding hydrogens is 214 g/mol. The Balaban J connectivity index is 2.56. The van der Waals surface area contributed by atoms with Gasteiger partial charge in [0.25, 0.3) is 0 Å². The summed E-state index contributed by atoms with van der Waals surface area (Å²) in [5.74, 6) is 1.35. The minimum absolute atomic E-state index is 0.289. The minimum atomic E-state index is 0.289. The van der Waals surface area contributed by atoms with Crippen molar-refractivity contribution in [3.05, 3.63) is 24.3 Å². The fraction of sp³-hybridized carbons (Fsp3) is 0.417. The van der Waals surface area contributed by atoms with E-state index in [0.29, 0.717) is 6.04 Å². The average molecular weight is 231 g/mol. The number of nitrogens with zero attached hydrogens (tertiary/aromatic N) is 4. The Hall–Kier alpha value is -1.91. The van der Waals surface area contributed by atoms with Gasteiger partial charge in [-0.2, -0.15) is 0 Å². The van der Waals surface area contributed by atoms with Crippen molar-refractivity contribution in [3.8, 4) is 11.4 Å². The Labute approximate surface area is 101 Å². The third-order valence-electron chi connectivity index (χ3n) is 2.64. The quantitative estimate of drug-likeness (QED) is 0.877. The van der Waals surface area contributed by atoms with Gasteiger partial charge in [-0.3, -0.25) is 0 Å². The predicted octanol–water partition coefficient (Wildman–Crippen LogP) is 2.07. The molecule has 0 saturated heterocycles. The third kappa shape index (κ3) is 2.13. The van der Waals surface area contributed by atoms with Crippen molar-refractivity contribution in [1.29, 1.82) is 0 Å². The molecule has 0 aliphatic heterocycles.